The smallest absolute Gasteiger partial charge is 0.236 e. The first-order chi connectivity index (χ1) is 9.08. The number of amides is 1. The molecular formula is C14H24N4O. The summed E-state index contributed by atoms with van der Waals surface area (Å²) < 4.78 is 0. The number of nitrogens with zero attached hydrogens (tertiary/aromatic N) is 3. The zero-order valence-corrected chi connectivity index (χ0v) is 12.3. The third kappa shape index (κ3) is 4.96. The van der Waals surface area contributed by atoms with E-state index in [1.165, 1.54) is 11.3 Å². The van der Waals surface area contributed by atoms with Crippen molar-refractivity contribution in [3.63, 3.8) is 0 Å². The van der Waals surface area contributed by atoms with Gasteiger partial charge in [0, 0.05) is 45.5 Å². The highest BCUT2D eigenvalue weighted by molar-refractivity contribution is 5.77. The Bertz CT molecular complexity index is 406. The van der Waals surface area contributed by atoms with Gasteiger partial charge in [-0.3, -0.25) is 14.7 Å². The second-order valence-corrected chi connectivity index (χ2v) is 4.86. The van der Waals surface area contributed by atoms with Gasteiger partial charge in [0.25, 0.3) is 0 Å². The topological polar surface area (TPSA) is 48.5 Å². The number of carbonyl (C=O) groups is 1. The van der Waals surface area contributed by atoms with Crippen molar-refractivity contribution in [2.75, 3.05) is 41.3 Å². The molecule has 0 spiro atoms. The molecule has 1 N–H and O–H groups in total. The maximum absolute atomic E-state index is 11.6. The number of likely N-dealkylation sites (N-methyl/N-ethyl adjacent to an activating group) is 1. The van der Waals surface area contributed by atoms with Gasteiger partial charge in [-0.15, -0.1) is 0 Å². The molecule has 1 aromatic heterocycles. The highest BCUT2D eigenvalue weighted by Crippen LogP contribution is 2.15. The van der Waals surface area contributed by atoms with E-state index in [1.54, 1.807) is 19.0 Å². The van der Waals surface area contributed by atoms with Crippen LogP contribution in [0.5, 0.6) is 0 Å². The Kier molecular flexibility index (Phi) is 6.45. The van der Waals surface area contributed by atoms with Crippen LogP contribution in [0, 0.1) is 0 Å². The van der Waals surface area contributed by atoms with E-state index in [9.17, 15) is 4.79 Å². The highest BCUT2D eigenvalue weighted by Gasteiger charge is 2.19. The molecule has 106 valence electrons. The summed E-state index contributed by atoms with van der Waals surface area (Å²) in [6.07, 6.45) is 2.77. The Labute approximate surface area is 115 Å². The average molecular weight is 264 g/mol. The molecule has 0 aromatic carbocycles. The van der Waals surface area contributed by atoms with Crippen LogP contribution in [0.4, 0.5) is 0 Å². The van der Waals surface area contributed by atoms with Crippen LogP contribution in [-0.2, 0) is 17.8 Å². The van der Waals surface area contributed by atoms with Crippen LogP contribution in [0.3, 0.4) is 0 Å². The van der Waals surface area contributed by atoms with Gasteiger partial charge in [0.05, 0.1) is 6.54 Å². The van der Waals surface area contributed by atoms with E-state index in [2.05, 4.69) is 21.3 Å². The Morgan fingerprint density at radius 3 is 2.79 bits per heavy atom. The van der Waals surface area contributed by atoms with Crippen molar-refractivity contribution in [3.05, 3.63) is 29.6 Å². The SMILES string of the molecule is CN(C)C(=O)CN1CCc2ncccc2C1.CNC. The van der Waals surface area contributed by atoms with Crippen molar-refractivity contribution in [1.82, 2.24) is 20.1 Å². The summed E-state index contributed by atoms with van der Waals surface area (Å²) in [6.45, 7) is 2.26. The lowest BCUT2D eigenvalue weighted by atomic mass is 10.1. The van der Waals surface area contributed by atoms with Crippen molar-refractivity contribution < 1.29 is 4.79 Å². The summed E-state index contributed by atoms with van der Waals surface area (Å²) in [6, 6.07) is 4.05. The van der Waals surface area contributed by atoms with Crippen LogP contribution in [0.15, 0.2) is 18.3 Å². The van der Waals surface area contributed by atoms with Gasteiger partial charge in [-0.05, 0) is 25.7 Å². The van der Waals surface area contributed by atoms with Gasteiger partial charge in [0.15, 0.2) is 0 Å². The minimum Gasteiger partial charge on any atom is -0.348 e. The summed E-state index contributed by atoms with van der Waals surface area (Å²) in [4.78, 5) is 19.7. The lowest BCUT2D eigenvalue weighted by Crippen LogP contribution is -2.39. The number of aromatic nitrogens is 1. The Morgan fingerprint density at radius 2 is 2.16 bits per heavy atom. The summed E-state index contributed by atoms with van der Waals surface area (Å²) in [5.74, 6) is 0.160. The monoisotopic (exact) mass is 264 g/mol. The first kappa shape index (κ1) is 15.6. The maximum Gasteiger partial charge on any atom is 0.236 e. The van der Waals surface area contributed by atoms with E-state index in [-0.39, 0.29) is 5.91 Å². The largest absolute Gasteiger partial charge is 0.348 e. The van der Waals surface area contributed by atoms with Crippen molar-refractivity contribution in [3.8, 4) is 0 Å². The van der Waals surface area contributed by atoms with E-state index in [0.29, 0.717) is 6.54 Å². The predicted molar refractivity (Wildman–Crippen MR) is 76.9 cm³/mol. The fourth-order valence-electron chi connectivity index (χ4n) is 1.89. The zero-order valence-electron chi connectivity index (χ0n) is 12.3. The first-order valence-corrected chi connectivity index (χ1v) is 6.52. The highest BCUT2D eigenvalue weighted by atomic mass is 16.2. The summed E-state index contributed by atoms with van der Waals surface area (Å²) in [5.41, 5.74) is 2.43. The number of rotatable bonds is 2. The molecule has 19 heavy (non-hydrogen) atoms. The standard InChI is InChI=1S/C12H17N3O.C2H7N/c1-14(2)12(16)9-15-7-5-11-10(8-15)4-3-6-13-11;1-3-2/h3-4,6H,5,7-9H2,1-2H3;3H,1-2H3. The van der Waals surface area contributed by atoms with Crippen molar-refractivity contribution >= 4 is 5.91 Å². The van der Waals surface area contributed by atoms with Crippen molar-refractivity contribution in [2.45, 2.75) is 13.0 Å². The molecule has 0 aliphatic carbocycles. The Morgan fingerprint density at radius 1 is 1.47 bits per heavy atom. The Hall–Kier alpha value is -1.46. The zero-order chi connectivity index (χ0) is 14.3. The first-order valence-electron chi connectivity index (χ1n) is 6.52. The summed E-state index contributed by atoms with van der Waals surface area (Å²) in [5, 5.41) is 2.75. The molecule has 1 aliphatic heterocycles. The van der Waals surface area contributed by atoms with Crippen molar-refractivity contribution in [2.24, 2.45) is 0 Å². The molecule has 1 aromatic rings. The Balaban J connectivity index is 0.000000550. The summed E-state index contributed by atoms with van der Waals surface area (Å²) in [7, 11) is 7.34. The molecule has 1 amide bonds. The molecule has 0 saturated carbocycles. The molecule has 2 rings (SSSR count). The average Bonchev–Trinajstić information content (AvgIpc) is 2.39. The maximum atomic E-state index is 11.6. The quantitative estimate of drug-likeness (QED) is 0.838. The molecular weight excluding hydrogens is 240 g/mol. The van der Waals surface area contributed by atoms with Crippen molar-refractivity contribution in [1.29, 1.82) is 0 Å². The third-order valence-electron chi connectivity index (χ3n) is 2.90. The molecule has 2 heterocycles. The minimum atomic E-state index is 0.160. The van der Waals surface area contributed by atoms with Gasteiger partial charge in [0.1, 0.15) is 0 Å². The second kappa shape index (κ2) is 7.86. The lowest BCUT2D eigenvalue weighted by molar-refractivity contribution is -0.130. The van der Waals surface area contributed by atoms with E-state index in [4.69, 9.17) is 0 Å². The number of hydrogen-bond acceptors (Lipinski definition) is 4. The van der Waals surface area contributed by atoms with Crippen LogP contribution in [0.1, 0.15) is 11.3 Å². The number of pyridine rings is 1. The molecule has 0 bridgehead atoms. The van der Waals surface area contributed by atoms with Crippen LogP contribution < -0.4 is 5.32 Å². The molecule has 0 radical (unpaired) electrons. The van der Waals surface area contributed by atoms with Gasteiger partial charge < -0.3 is 10.2 Å². The van der Waals surface area contributed by atoms with E-state index in [1.807, 2.05) is 26.4 Å². The molecule has 5 nitrogen and oxygen atoms in total. The van der Waals surface area contributed by atoms with E-state index >= 15 is 0 Å². The van der Waals surface area contributed by atoms with Crippen LogP contribution in [0.2, 0.25) is 0 Å². The number of hydrogen-bond donors (Lipinski definition) is 1. The van der Waals surface area contributed by atoms with Gasteiger partial charge in [0.2, 0.25) is 5.91 Å². The predicted octanol–water partition coefficient (Wildman–Crippen LogP) is 0.363. The molecule has 1 aliphatic rings. The lowest BCUT2D eigenvalue weighted by Gasteiger charge is -2.28. The number of nitrogens with one attached hydrogen (secondary N) is 1. The van der Waals surface area contributed by atoms with E-state index in [0.717, 1.165) is 19.5 Å². The number of fused-ring (bicyclic) bond motifs is 1. The molecule has 0 unspecified atom stereocenters. The fourth-order valence-corrected chi connectivity index (χ4v) is 1.89. The molecule has 0 saturated heterocycles. The van der Waals surface area contributed by atoms with Gasteiger partial charge in [-0.1, -0.05) is 6.07 Å². The molecule has 5 heteroatoms. The normalized spacial score (nSPS) is 14.1. The molecule has 0 fully saturated rings. The van der Waals surface area contributed by atoms with Gasteiger partial charge in [-0.2, -0.15) is 0 Å². The van der Waals surface area contributed by atoms with Gasteiger partial charge >= 0.3 is 0 Å². The van der Waals surface area contributed by atoms with Crippen LogP contribution >= 0.6 is 0 Å². The van der Waals surface area contributed by atoms with Crippen LogP contribution in [-0.4, -0.2) is 62.0 Å². The summed E-state index contributed by atoms with van der Waals surface area (Å²) >= 11 is 0. The van der Waals surface area contributed by atoms with E-state index < -0.39 is 0 Å². The minimum absolute atomic E-state index is 0.160. The number of carbonyl (C=O) groups excluding carboxylic acids is 1. The fraction of sp³-hybridized carbons (Fsp3) is 0.571. The van der Waals surface area contributed by atoms with Crippen LogP contribution in [0.25, 0.3) is 0 Å². The van der Waals surface area contributed by atoms with Gasteiger partial charge in [-0.25, -0.2) is 0 Å². The second-order valence-electron chi connectivity index (χ2n) is 4.86. The molecule has 0 atom stereocenters. The third-order valence-corrected chi connectivity index (χ3v) is 2.90.